The van der Waals surface area contributed by atoms with Crippen LogP contribution in [0, 0.1) is 6.92 Å². The molecule has 1 fully saturated rings. The van der Waals surface area contributed by atoms with Gasteiger partial charge >= 0.3 is 193 Å². The molecule has 2 rings (SSSR count). The maximum atomic E-state index is 12.5. The number of nitrogens with one attached hydrogen (secondary N) is 1. The second kappa shape index (κ2) is 10.2. The fraction of sp³-hybridized carbons (Fsp3) is 0.818. The van der Waals surface area contributed by atoms with Crippen LogP contribution < -0.4 is 11.2 Å². The van der Waals surface area contributed by atoms with E-state index in [1.807, 2.05) is 0 Å². The van der Waals surface area contributed by atoms with Gasteiger partial charge in [-0.2, -0.15) is 0 Å². The van der Waals surface area contributed by atoms with Crippen molar-refractivity contribution in [3.05, 3.63) is 32.6 Å². The van der Waals surface area contributed by atoms with Crippen LogP contribution in [-0.2, 0) is 12.2 Å². The van der Waals surface area contributed by atoms with E-state index in [0.717, 1.165) is 13.3 Å². The minimum atomic E-state index is -2.60. The van der Waals surface area contributed by atoms with E-state index in [2.05, 4.69) is 59.6 Å². The van der Waals surface area contributed by atoms with Gasteiger partial charge in [0.1, 0.15) is 0 Å². The molecule has 0 amide bonds. The van der Waals surface area contributed by atoms with Crippen molar-refractivity contribution in [2.75, 3.05) is 6.61 Å². The van der Waals surface area contributed by atoms with Crippen LogP contribution in [0.1, 0.15) is 59.8 Å². The number of aryl methyl sites for hydroxylation is 1. The van der Waals surface area contributed by atoms with Crippen molar-refractivity contribution in [3.63, 3.8) is 0 Å². The summed E-state index contributed by atoms with van der Waals surface area (Å²) in [6, 6.07) is 0. The molecule has 1 aromatic rings. The van der Waals surface area contributed by atoms with Gasteiger partial charge in [-0.1, -0.05) is 0 Å². The zero-order valence-corrected chi connectivity index (χ0v) is 24.7. The molecule has 7 nitrogen and oxygen atoms in total. The van der Waals surface area contributed by atoms with E-state index in [0.29, 0.717) is 18.6 Å². The van der Waals surface area contributed by atoms with Gasteiger partial charge < -0.3 is 0 Å². The molecular weight excluding hydrogens is 519 g/mol. The van der Waals surface area contributed by atoms with E-state index >= 15 is 0 Å². The molecule has 1 aliphatic rings. The van der Waals surface area contributed by atoms with Gasteiger partial charge in [0.2, 0.25) is 0 Å². The van der Waals surface area contributed by atoms with Gasteiger partial charge in [-0.15, -0.1) is 0 Å². The number of H-pyrrole nitrogens is 1. The van der Waals surface area contributed by atoms with Crippen LogP contribution in [0.4, 0.5) is 0 Å². The molecule has 178 valence electrons. The Labute approximate surface area is 192 Å². The summed E-state index contributed by atoms with van der Waals surface area (Å²) in [6.07, 6.45) is 1.32. The van der Waals surface area contributed by atoms with Crippen molar-refractivity contribution < 1.29 is 12.2 Å². The SMILES string of the molecule is C[CH2][Sn]([CH2]C)([CH2]C)[O]C[C@H]1O[C@@H](n2cc(C)c(=O)[nH]c2=O)C[C@@H]1O[Si](C)(C)C(C)(C)C. The molecular formula is C22H42N2O5SiSn. The normalized spacial score (nSPS) is 22.8. The molecule has 0 saturated carbocycles. The van der Waals surface area contributed by atoms with Crippen molar-refractivity contribution in [3.8, 4) is 0 Å². The van der Waals surface area contributed by atoms with E-state index in [1.165, 1.54) is 4.57 Å². The van der Waals surface area contributed by atoms with Gasteiger partial charge in [0, 0.05) is 0 Å². The fourth-order valence-corrected chi connectivity index (χ4v) is 12.7. The van der Waals surface area contributed by atoms with Crippen molar-refractivity contribution in [2.24, 2.45) is 0 Å². The number of aromatic amines is 1. The second-order valence-corrected chi connectivity index (χ2v) is 28.7. The van der Waals surface area contributed by atoms with Gasteiger partial charge in [0.15, 0.2) is 0 Å². The summed E-state index contributed by atoms with van der Waals surface area (Å²) >= 11 is -2.60. The van der Waals surface area contributed by atoms with Gasteiger partial charge in [0.25, 0.3) is 0 Å². The number of hydrogen-bond acceptors (Lipinski definition) is 5. The van der Waals surface area contributed by atoms with Gasteiger partial charge in [-0.05, 0) is 0 Å². The van der Waals surface area contributed by atoms with Gasteiger partial charge in [-0.25, -0.2) is 0 Å². The Bertz CT molecular complexity index is 848. The molecule has 0 bridgehead atoms. The van der Waals surface area contributed by atoms with E-state index in [4.69, 9.17) is 12.2 Å². The molecule has 3 atom stereocenters. The van der Waals surface area contributed by atoms with Crippen LogP contribution in [0.2, 0.25) is 31.4 Å². The van der Waals surface area contributed by atoms with Gasteiger partial charge in [-0.3, -0.25) is 0 Å². The van der Waals surface area contributed by atoms with E-state index in [1.54, 1.807) is 13.1 Å². The monoisotopic (exact) mass is 562 g/mol. The average molecular weight is 561 g/mol. The summed E-state index contributed by atoms with van der Waals surface area (Å²) in [5.74, 6) is 0. The van der Waals surface area contributed by atoms with E-state index in [9.17, 15) is 9.59 Å². The van der Waals surface area contributed by atoms with Crippen molar-refractivity contribution in [1.82, 2.24) is 9.55 Å². The number of aromatic nitrogens is 2. The first kappa shape index (κ1) is 26.8. The molecule has 0 aliphatic carbocycles. The van der Waals surface area contributed by atoms with E-state index in [-0.39, 0.29) is 22.8 Å². The third-order valence-corrected chi connectivity index (χ3v) is 25.1. The molecule has 31 heavy (non-hydrogen) atoms. The topological polar surface area (TPSA) is 82.5 Å². The Balaban J connectivity index is 2.32. The van der Waals surface area contributed by atoms with Crippen LogP contribution in [0.15, 0.2) is 15.8 Å². The van der Waals surface area contributed by atoms with Crippen LogP contribution in [-0.4, -0.2) is 55.5 Å². The maximum absolute atomic E-state index is 12.5. The average Bonchev–Trinajstić information content (AvgIpc) is 3.07. The van der Waals surface area contributed by atoms with Crippen LogP contribution in [0.25, 0.3) is 0 Å². The predicted molar refractivity (Wildman–Crippen MR) is 130 cm³/mol. The molecule has 0 unspecified atom stereocenters. The fourth-order valence-electron chi connectivity index (χ4n) is 3.82. The summed E-state index contributed by atoms with van der Waals surface area (Å²) in [5, 5.41) is 0.0706. The quantitative estimate of drug-likeness (QED) is 0.448. The standard InChI is InChI=1S/C16H27N2O5Si.3C2H5.Sn/c1-10-8-18(15(21)17-14(10)20)13-7-11(12(9-19)22-13)23-24(5,6)16(2,3)4;3*1-2;/h8,11-13H,7,9H2,1-6H3,(H,17,20,21);3*1H2,2H3;/q-1;;;;+1/t11-,12+,13+;;;;/m0..../s1. The third-order valence-electron chi connectivity index (χ3n) is 7.38. The molecule has 2 heterocycles. The van der Waals surface area contributed by atoms with E-state index < -0.39 is 39.0 Å². The number of hydrogen-bond donors (Lipinski definition) is 1. The Morgan fingerprint density at radius 3 is 2.29 bits per heavy atom. The zero-order chi connectivity index (χ0) is 23.6. The Morgan fingerprint density at radius 1 is 1.19 bits per heavy atom. The first-order chi connectivity index (χ1) is 14.3. The minimum absolute atomic E-state index is 0.0706. The Kier molecular flexibility index (Phi) is 8.86. The first-order valence-electron chi connectivity index (χ1n) is 11.6. The van der Waals surface area contributed by atoms with Crippen molar-refractivity contribution in [1.29, 1.82) is 0 Å². The van der Waals surface area contributed by atoms with Gasteiger partial charge in [0.05, 0.1) is 0 Å². The van der Waals surface area contributed by atoms with Crippen LogP contribution in [0.3, 0.4) is 0 Å². The number of rotatable bonds is 9. The first-order valence-corrected chi connectivity index (χ1v) is 21.7. The number of nitrogens with zero attached hydrogens (tertiary/aromatic N) is 1. The summed E-state index contributed by atoms with van der Waals surface area (Å²) in [6.45, 7) is 20.1. The molecule has 9 heteroatoms. The summed E-state index contributed by atoms with van der Waals surface area (Å²) < 4.78 is 24.7. The second-order valence-electron chi connectivity index (χ2n) is 10.3. The van der Waals surface area contributed by atoms with Crippen molar-refractivity contribution >= 4 is 27.1 Å². The summed E-state index contributed by atoms with van der Waals surface area (Å²) in [7, 11) is -2.04. The molecule has 0 spiro atoms. The number of ether oxygens (including phenoxy) is 1. The molecule has 0 aromatic carbocycles. The van der Waals surface area contributed by atoms with Crippen LogP contribution in [0.5, 0.6) is 0 Å². The molecule has 1 saturated heterocycles. The summed E-state index contributed by atoms with van der Waals surface area (Å²) in [5.41, 5.74) is -0.318. The van der Waals surface area contributed by atoms with Crippen LogP contribution >= 0.6 is 0 Å². The predicted octanol–water partition coefficient (Wildman–Crippen LogP) is 4.54. The molecule has 1 aromatic heterocycles. The molecule has 1 N–H and O–H groups in total. The third kappa shape index (κ3) is 6.13. The summed E-state index contributed by atoms with van der Waals surface area (Å²) in [4.78, 5) is 26.7. The zero-order valence-electron chi connectivity index (χ0n) is 20.8. The molecule has 0 radical (unpaired) electrons. The molecule has 1 aliphatic heterocycles. The Morgan fingerprint density at radius 2 is 1.77 bits per heavy atom. The van der Waals surface area contributed by atoms with Crippen molar-refractivity contribution in [2.45, 2.75) is 105 Å². The Hall–Kier alpha value is -0.424.